The lowest BCUT2D eigenvalue weighted by Crippen LogP contribution is -2.15. The molecule has 0 saturated heterocycles. The molecule has 5 N–H and O–H groups in total. The number of amidine groups is 1. The van der Waals surface area contributed by atoms with Crippen molar-refractivity contribution in [2.45, 2.75) is 6.92 Å². The van der Waals surface area contributed by atoms with Crippen LogP contribution in [0, 0.1) is 5.41 Å². The SMILES string of the molecule is CC(=O)S/C(N)=N/C(=N)N. The minimum atomic E-state index is -0.397. The van der Waals surface area contributed by atoms with Crippen LogP contribution in [0.15, 0.2) is 4.99 Å². The number of hydrogen-bond acceptors (Lipinski definition) is 3. The predicted molar refractivity (Wildman–Crippen MR) is 41.8 cm³/mol. The van der Waals surface area contributed by atoms with Crippen molar-refractivity contribution in [1.82, 2.24) is 0 Å². The lowest BCUT2D eigenvalue weighted by molar-refractivity contribution is -0.109. The maximum absolute atomic E-state index is 10.3. The molecule has 0 aromatic carbocycles. The molecule has 0 spiro atoms. The van der Waals surface area contributed by atoms with Crippen LogP contribution in [0.4, 0.5) is 0 Å². The highest BCUT2D eigenvalue weighted by Gasteiger charge is 1.97. The maximum atomic E-state index is 10.3. The monoisotopic (exact) mass is 160 g/mol. The van der Waals surface area contributed by atoms with Crippen molar-refractivity contribution in [2.75, 3.05) is 0 Å². The molecule has 0 unspecified atom stereocenters. The second-order valence-corrected chi connectivity index (χ2v) is 2.63. The van der Waals surface area contributed by atoms with Crippen molar-refractivity contribution in [1.29, 1.82) is 5.41 Å². The Morgan fingerprint density at radius 2 is 2.10 bits per heavy atom. The summed E-state index contributed by atoms with van der Waals surface area (Å²) in [4.78, 5) is 13.6. The molecule has 0 heterocycles. The summed E-state index contributed by atoms with van der Waals surface area (Å²) in [5, 5.41) is 6.48. The molecule has 0 aliphatic rings. The molecule has 0 aromatic heterocycles. The molecular weight excluding hydrogens is 152 g/mol. The number of rotatable bonds is 0. The van der Waals surface area contributed by atoms with E-state index in [-0.39, 0.29) is 10.3 Å². The molecule has 0 amide bonds. The van der Waals surface area contributed by atoms with Crippen LogP contribution in [-0.2, 0) is 4.79 Å². The van der Waals surface area contributed by atoms with Crippen LogP contribution in [0.25, 0.3) is 0 Å². The first-order valence-corrected chi connectivity index (χ1v) is 3.20. The molecule has 6 heteroatoms. The Morgan fingerprint density at radius 3 is 2.40 bits per heavy atom. The number of nitrogens with two attached hydrogens (primary N) is 2. The predicted octanol–water partition coefficient (Wildman–Crippen LogP) is -0.526. The zero-order valence-electron chi connectivity index (χ0n) is 5.42. The van der Waals surface area contributed by atoms with E-state index in [1.165, 1.54) is 6.92 Å². The van der Waals surface area contributed by atoms with E-state index in [1.807, 2.05) is 0 Å². The highest BCUT2D eigenvalue weighted by atomic mass is 32.2. The van der Waals surface area contributed by atoms with Crippen LogP contribution in [0.2, 0.25) is 0 Å². The van der Waals surface area contributed by atoms with Crippen molar-refractivity contribution < 1.29 is 4.79 Å². The summed E-state index contributed by atoms with van der Waals surface area (Å²) < 4.78 is 0. The molecule has 0 rings (SSSR count). The minimum Gasteiger partial charge on any atom is -0.378 e. The van der Waals surface area contributed by atoms with Gasteiger partial charge in [-0.25, -0.2) is 0 Å². The summed E-state index contributed by atoms with van der Waals surface area (Å²) in [7, 11) is 0. The Labute approximate surface area is 62.4 Å². The Balaban J connectivity index is 3.95. The van der Waals surface area contributed by atoms with Gasteiger partial charge in [0, 0.05) is 6.92 Å². The lowest BCUT2D eigenvalue weighted by atomic mass is 10.9. The van der Waals surface area contributed by atoms with Gasteiger partial charge in [0.05, 0.1) is 0 Å². The fourth-order valence-electron chi connectivity index (χ4n) is 0.289. The number of nitrogens with one attached hydrogen (secondary N) is 1. The lowest BCUT2D eigenvalue weighted by Gasteiger charge is -1.92. The fourth-order valence-corrected chi connectivity index (χ4v) is 0.727. The Morgan fingerprint density at radius 1 is 1.60 bits per heavy atom. The van der Waals surface area contributed by atoms with E-state index >= 15 is 0 Å². The Kier molecular flexibility index (Phi) is 3.48. The standard InChI is InChI=1S/C4H8N4OS/c1-2(9)10-4(7)8-3(5)6/h1H3,(H5,5,6,7,8). The van der Waals surface area contributed by atoms with Crippen molar-refractivity contribution in [3.05, 3.63) is 0 Å². The number of hydrogen-bond donors (Lipinski definition) is 3. The highest BCUT2D eigenvalue weighted by molar-refractivity contribution is 8.26. The van der Waals surface area contributed by atoms with Gasteiger partial charge in [0.15, 0.2) is 10.3 Å². The van der Waals surface area contributed by atoms with Crippen LogP contribution in [0.1, 0.15) is 6.92 Å². The molecule has 0 saturated carbocycles. The molecule has 0 fully saturated rings. The van der Waals surface area contributed by atoms with Gasteiger partial charge in [-0.1, -0.05) is 0 Å². The van der Waals surface area contributed by atoms with E-state index in [1.54, 1.807) is 0 Å². The zero-order valence-corrected chi connectivity index (χ0v) is 6.23. The van der Waals surface area contributed by atoms with Crippen LogP contribution in [0.5, 0.6) is 0 Å². The summed E-state index contributed by atoms with van der Waals surface area (Å²) in [6.45, 7) is 1.35. The van der Waals surface area contributed by atoms with Crippen LogP contribution in [0.3, 0.4) is 0 Å². The van der Waals surface area contributed by atoms with E-state index in [0.717, 1.165) is 11.8 Å². The first-order chi connectivity index (χ1) is 4.52. The second-order valence-electron chi connectivity index (χ2n) is 1.43. The average Bonchev–Trinajstić information content (AvgIpc) is 1.58. The number of guanidine groups is 1. The largest absolute Gasteiger partial charge is 0.378 e. The molecule has 0 atom stereocenters. The normalized spacial score (nSPS) is 11.1. The molecule has 0 bridgehead atoms. The van der Waals surface area contributed by atoms with Gasteiger partial charge in [0.1, 0.15) is 0 Å². The van der Waals surface area contributed by atoms with Gasteiger partial charge in [0.25, 0.3) is 0 Å². The summed E-state index contributed by atoms with van der Waals surface area (Å²) in [5.74, 6) is -0.397. The molecule has 0 aromatic rings. The van der Waals surface area contributed by atoms with E-state index in [2.05, 4.69) is 4.99 Å². The van der Waals surface area contributed by atoms with Crippen molar-refractivity contribution >= 4 is 28.0 Å². The smallest absolute Gasteiger partial charge is 0.214 e. The van der Waals surface area contributed by atoms with Gasteiger partial charge >= 0.3 is 0 Å². The van der Waals surface area contributed by atoms with Gasteiger partial charge in [-0.05, 0) is 11.8 Å². The van der Waals surface area contributed by atoms with E-state index < -0.39 is 5.96 Å². The topological polar surface area (TPSA) is 105 Å². The number of nitrogens with zero attached hydrogens (tertiary/aromatic N) is 1. The van der Waals surface area contributed by atoms with Gasteiger partial charge in [-0.2, -0.15) is 4.99 Å². The highest BCUT2D eigenvalue weighted by Crippen LogP contribution is 1.99. The van der Waals surface area contributed by atoms with Crippen molar-refractivity contribution in [3.63, 3.8) is 0 Å². The molecule has 5 nitrogen and oxygen atoms in total. The van der Waals surface area contributed by atoms with Crippen LogP contribution >= 0.6 is 11.8 Å². The maximum Gasteiger partial charge on any atom is 0.214 e. The summed E-state index contributed by atoms with van der Waals surface area (Å²) >= 11 is 0.751. The molecule has 10 heavy (non-hydrogen) atoms. The second kappa shape index (κ2) is 3.89. The Bertz CT molecular complexity index is 188. The van der Waals surface area contributed by atoms with E-state index in [9.17, 15) is 4.79 Å². The third-order valence-corrected chi connectivity index (χ3v) is 1.07. The quantitative estimate of drug-likeness (QED) is 0.327. The van der Waals surface area contributed by atoms with E-state index in [0.29, 0.717) is 0 Å². The number of thioether (sulfide) groups is 1. The van der Waals surface area contributed by atoms with Gasteiger partial charge in [-0.15, -0.1) is 0 Å². The average molecular weight is 160 g/mol. The van der Waals surface area contributed by atoms with Crippen LogP contribution < -0.4 is 11.5 Å². The van der Waals surface area contributed by atoms with Crippen molar-refractivity contribution in [3.8, 4) is 0 Å². The molecule has 56 valence electrons. The van der Waals surface area contributed by atoms with Gasteiger partial charge < -0.3 is 11.5 Å². The number of carbonyl (C=O) groups excluding carboxylic acids is 1. The van der Waals surface area contributed by atoms with Crippen LogP contribution in [-0.4, -0.2) is 16.2 Å². The molecular formula is C4H8N4OS. The first kappa shape index (κ1) is 8.96. The van der Waals surface area contributed by atoms with Gasteiger partial charge in [0.2, 0.25) is 5.96 Å². The Hall–Kier alpha value is -1.04. The van der Waals surface area contributed by atoms with Gasteiger partial charge in [-0.3, -0.25) is 10.2 Å². The summed E-state index contributed by atoms with van der Waals surface area (Å²) in [5.41, 5.74) is 10.0. The van der Waals surface area contributed by atoms with E-state index in [4.69, 9.17) is 16.9 Å². The number of aliphatic imine (C=N–C) groups is 1. The zero-order chi connectivity index (χ0) is 8.15. The van der Waals surface area contributed by atoms with Crippen molar-refractivity contribution in [2.24, 2.45) is 16.5 Å². The number of carbonyl (C=O) groups is 1. The summed E-state index contributed by atoms with van der Waals surface area (Å²) in [6.07, 6.45) is 0. The first-order valence-electron chi connectivity index (χ1n) is 2.39. The summed E-state index contributed by atoms with van der Waals surface area (Å²) in [6, 6.07) is 0. The minimum absolute atomic E-state index is 0.000000000000000444. The molecule has 0 radical (unpaired) electrons. The third-order valence-electron chi connectivity index (χ3n) is 0.479. The fraction of sp³-hybridized carbons (Fsp3) is 0.250. The third kappa shape index (κ3) is 5.10. The molecule has 0 aliphatic heterocycles. The molecule has 0 aliphatic carbocycles.